The van der Waals surface area contributed by atoms with Crippen LogP contribution in [0.1, 0.15) is 35.8 Å². The maximum atomic E-state index is 13.6. The predicted octanol–water partition coefficient (Wildman–Crippen LogP) is 3.16. The topological polar surface area (TPSA) is 46.9 Å². The minimum absolute atomic E-state index is 0.0384. The molecule has 1 heterocycles. The molecule has 0 spiro atoms. The molecule has 0 aliphatic heterocycles. The molecule has 0 unspecified atom stereocenters. The van der Waals surface area contributed by atoms with Gasteiger partial charge in [0.15, 0.2) is 0 Å². The maximum Gasteiger partial charge on any atom is 0.259 e. The summed E-state index contributed by atoms with van der Waals surface area (Å²) in [5.74, 6) is -0.441. The van der Waals surface area contributed by atoms with Gasteiger partial charge in [-0.1, -0.05) is 11.6 Å². The summed E-state index contributed by atoms with van der Waals surface area (Å²) in [6, 6.07) is 6.26. The van der Waals surface area contributed by atoms with Gasteiger partial charge in [-0.15, -0.1) is 0 Å². The molecule has 0 saturated heterocycles. The van der Waals surface area contributed by atoms with E-state index in [0.29, 0.717) is 5.82 Å². The van der Waals surface area contributed by atoms with E-state index < -0.39 is 11.7 Å². The lowest BCUT2D eigenvalue weighted by atomic mass is 10.1. The van der Waals surface area contributed by atoms with Crippen LogP contribution >= 0.6 is 0 Å². The van der Waals surface area contributed by atoms with Crippen LogP contribution in [0.25, 0.3) is 0 Å². The van der Waals surface area contributed by atoms with Gasteiger partial charge in [-0.2, -0.15) is 5.10 Å². The van der Waals surface area contributed by atoms with E-state index in [1.54, 1.807) is 23.0 Å². The molecular weight excluding hydrogens is 245 g/mol. The van der Waals surface area contributed by atoms with Crippen molar-refractivity contribution < 1.29 is 9.18 Å². The van der Waals surface area contributed by atoms with Crippen LogP contribution in [0.5, 0.6) is 0 Å². The summed E-state index contributed by atoms with van der Waals surface area (Å²) < 4.78 is 15.3. The molecule has 0 aliphatic rings. The molecule has 1 amide bonds. The molecule has 0 radical (unpaired) electrons. The van der Waals surface area contributed by atoms with Crippen LogP contribution in [0, 0.1) is 12.7 Å². The van der Waals surface area contributed by atoms with E-state index in [1.807, 2.05) is 20.8 Å². The smallest absolute Gasteiger partial charge is 0.259 e. The standard InChI is InChI=1S/C14H16FN3O/c1-9(2)18-13(6-7-16-18)17-14(19)11-8-10(3)4-5-12(11)15/h4-9H,1-3H3,(H,17,19). The number of halogens is 1. The molecule has 100 valence electrons. The third kappa shape index (κ3) is 2.81. The van der Waals surface area contributed by atoms with Crippen LogP contribution in [0.4, 0.5) is 10.2 Å². The second kappa shape index (κ2) is 5.22. The Labute approximate surface area is 111 Å². The fourth-order valence-corrected chi connectivity index (χ4v) is 1.82. The summed E-state index contributed by atoms with van der Waals surface area (Å²) in [5, 5.41) is 6.79. The lowest BCUT2D eigenvalue weighted by molar-refractivity contribution is 0.102. The molecule has 0 fully saturated rings. The number of hydrogen-bond donors (Lipinski definition) is 1. The van der Waals surface area contributed by atoms with Crippen molar-refractivity contribution in [2.75, 3.05) is 5.32 Å². The van der Waals surface area contributed by atoms with Gasteiger partial charge >= 0.3 is 0 Å². The molecule has 2 aromatic rings. The molecular formula is C14H16FN3O. The van der Waals surface area contributed by atoms with Crippen molar-refractivity contribution in [1.82, 2.24) is 9.78 Å². The number of benzene rings is 1. The van der Waals surface area contributed by atoms with Gasteiger partial charge in [0.1, 0.15) is 11.6 Å². The van der Waals surface area contributed by atoms with Gasteiger partial charge in [0.05, 0.1) is 11.8 Å². The van der Waals surface area contributed by atoms with E-state index in [0.717, 1.165) is 5.56 Å². The zero-order valence-corrected chi connectivity index (χ0v) is 11.1. The van der Waals surface area contributed by atoms with E-state index in [1.165, 1.54) is 12.1 Å². The van der Waals surface area contributed by atoms with Crippen molar-refractivity contribution >= 4 is 11.7 Å². The number of carbonyl (C=O) groups excluding carboxylic acids is 1. The number of amides is 1. The zero-order chi connectivity index (χ0) is 14.0. The molecule has 0 saturated carbocycles. The Morgan fingerprint density at radius 2 is 2.11 bits per heavy atom. The Morgan fingerprint density at radius 3 is 2.79 bits per heavy atom. The predicted molar refractivity (Wildman–Crippen MR) is 71.7 cm³/mol. The van der Waals surface area contributed by atoms with E-state index in [4.69, 9.17) is 0 Å². The number of aryl methyl sites for hydroxylation is 1. The average molecular weight is 261 g/mol. The quantitative estimate of drug-likeness (QED) is 0.922. The molecule has 2 rings (SSSR count). The van der Waals surface area contributed by atoms with E-state index in [-0.39, 0.29) is 11.6 Å². The first-order valence-corrected chi connectivity index (χ1v) is 6.10. The van der Waals surface area contributed by atoms with Crippen LogP contribution < -0.4 is 5.32 Å². The van der Waals surface area contributed by atoms with Gasteiger partial charge in [0, 0.05) is 12.1 Å². The van der Waals surface area contributed by atoms with Gasteiger partial charge in [0.25, 0.3) is 5.91 Å². The highest BCUT2D eigenvalue weighted by Crippen LogP contribution is 2.16. The molecule has 0 atom stereocenters. The Kier molecular flexibility index (Phi) is 3.64. The third-order valence-electron chi connectivity index (χ3n) is 2.77. The van der Waals surface area contributed by atoms with Crippen LogP contribution in [-0.4, -0.2) is 15.7 Å². The normalized spacial score (nSPS) is 10.8. The number of rotatable bonds is 3. The van der Waals surface area contributed by atoms with E-state index >= 15 is 0 Å². The minimum Gasteiger partial charge on any atom is -0.307 e. The maximum absolute atomic E-state index is 13.6. The first-order chi connectivity index (χ1) is 8.99. The average Bonchev–Trinajstić information content (AvgIpc) is 2.80. The first kappa shape index (κ1) is 13.3. The van der Waals surface area contributed by atoms with E-state index in [9.17, 15) is 9.18 Å². The van der Waals surface area contributed by atoms with Gasteiger partial charge in [-0.25, -0.2) is 9.07 Å². The van der Waals surface area contributed by atoms with Crippen molar-refractivity contribution in [3.63, 3.8) is 0 Å². The minimum atomic E-state index is -0.529. The summed E-state index contributed by atoms with van der Waals surface area (Å²) in [6.45, 7) is 5.72. The molecule has 1 aromatic carbocycles. The van der Waals surface area contributed by atoms with Gasteiger partial charge < -0.3 is 5.32 Å². The van der Waals surface area contributed by atoms with Crippen molar-refractivity contribution in [3.05, 3.63) is 47.4 Å². The fraction of sp³-hybridized carbons (Fsp3) is 0.286. The van der Waals surface area contributed by atoms with Crippen LogP contribution in [-0.2, 0) is 0 Å². The number of hydrogen-bond acceptors (Lipinski definition) is 2. The summed E-state index contributed by atoms with van der Waals surface area (Å²) in [5.41, 5.74) is 0.875. The summed E-state index contributed by atoms with van der Waals surface area (Å²) >= 11 is 0. The SMILES string of the molecule is Cc1ccc(F)c(C(=O)Nc2ccnn2C(C)C)c1. The molecule has 1 N–H and O–H groups in total. The Hall–Kier alpha value is -2.17. The van der Waals surface area contributed by atoms with Gasteiger partial charge in [-0.3, -0.25) is 4.79 Å². The molecule has 0 bridgehead atoms. The summed E-state index contributed by atoms with van der Waals surface area (Å²) in [6.07, 6.45) is 1.60. The number of nitrogens with zero attached hydrogens (tertiary/aromatic N) is 2. The Balaban J connectivity index is 2.26. The number of anilines is 1. The highest BCUT2D eigenvalue weighted by Gasteiger charge is 2.14. The van der Waals surface area contributed by atoms with Gasteiger partial charge in [0.2, 0.25) is 0 Å². The number of aromatic nitrogens is 2. The Morgan fingerprint density at radius 1 is 1.37 bits per heavy atom. The van der Waals surface area contributed by atoms with Crippen LogP contribution in [0.3, 0.4) is 0 Å². The first-order valence-electron chi connectivity index (χ1n) is 6.10. The lowest BCUT2D eigenvalue weighted by Gasteiger charge is -2.12. The fourth-order valence-electron chi connectivity index (χ4n) is 1.82. The van der Waals surface area contributed by atoms with Crippen molar-refractivity contribution in [3.8, 4) is 0 Å². The highest BCUT2D eigenvalue weighted by molar-refractivity contribution is 6.04. The van der Waals surface area contributed by atoms with Gasteiger partial charge in [-0.05, 0) is 32.9 Å². The summed E-state index contributed by atoms with van der Waals surface area (Å²) in [4.78, 5) is 12.1. The zero-order valence-electron chi connectivity index (χ0n) is 11.1. The highest BCUT2D eigenvalue weighted by atomic mass is 19.1. The number of carbonyl (C=O) groups is 1. The largest absolute Gasteiger partial charge is 0.307 e. The second-order valence-corrected chi connectivity index (χ2v) is 4.69. The monoisotopic (exact) mass is 261 g/mol. The van der Waals surface area contributed by atoms with E-state index in [2.05, 4.69) is 10.4 Å². The summed E-state index contributed by atoms with van der Waals surface area (Å²) in [7, 11) is 0. The molecule has 4 nitrogen and oxygen atoms in total. The Bertz CT molecular complexity index is 604. The lowest BCUT2D eigenvalue weighted by Crippen LogP contribution is -2.18. The van der Waals surface area contributed by atoms with Crippen molar-refractivity contribution in [2.24, 2.45) is 0 Å². The molecule has 0 aliphatic carbocycles. The van der Waals surface area contributed by atoms with Crippen molar-refractivity contribution in [2.45, 2.75) is 26.8 Å². The third-order valence-corrected chi connectivity index (χ3v) is 2.77. The molecule has 19 heavy (non-hydrogen) atoms. The second-order valence-electron chi connectivity index (χ2n) is 4.69. The van der Waals surface area contributed by atoms with Crippen molar-refractivity contribution in [1.29, 1.82) is 0 Å². The molecule has 5 heteroatoms. The van der Waals surface area contributed by atoms with Crippen LogP contribution in [0.2, 0.25) is 0 Å². The number of nitrogens with one attached hydrogen (secondary N) is 1. The molecule has 1 aromatic heterocycles. The van der Waals surface area contributed by atoms with Crippen LogP contribution in [0.15, 0.2) is 30.5 Å².